The highest BCUT2D eigenvalue weighted by Crippen LogP contribution is 2.24. The molecule has 5 rings (SSSR count). The third-order valence-electron chi connectivity index (χ3n) is 10.8. The normalized spacial score (nSPS) is 19.0. The van der Waals surface area contributed by atoms with Crippen LogP contribution in [0.15, 0.2) is 36.0 Å². The maximum atomic E-state index is 11.6. The number of hydrogen-bond acceptors (Lipinski definition) is 12. The van der Waals surface area contributed by atoms with E-state index in [-0.39, 0.29) is 40.0 Å². The molecule has 2 N–H and O–H groups in total. The van der Waals surface area contributed by atoms with Gasteiger partial charge in [-0.2, -0.15) is 0 Å². The zero-order chi connectivity index (χ0) is 48.1. The number of carbonyl (C=O) groups is 3. The van der Waals surface area contributed by atoms with Crippen molar-refractivity contribution in [1.29, 1.82) is 0 Å². The van der Waals surface area contributed by atoms with Gasteiger partial charge in [-0.3, -0.25) is 24.3 Å². The van der Waals surface area contributed by atoms with Crippen LogP contribution in [0.4, 0.5) is 0 Å². The Morgan fingerprint density at radius 2 is 1.13 bits per heavy atom. The van der Waals surface area contributed by atoms with Crippen LogP contribution >= 0.6 is 11.3 Å². The van der Waals surface area contributed by atoms with Crippen LogP contribution in [0, 0.1) is 27.1 Å². The molecule has 2 atom stereocenters. The quantitative estimate of drug-likeness (QED) is 0.209. The molecule has 3 fully saturated rings. The molecule has 12 heteroatoms. The molecule has 0 amide bonds. The number of carbonyl (C=O) groups excluding carboxylic acids is 3. The van der Waals surface area contributed by atoms with Gasteiger partial charge >= 0.3 is 0 Å². The Balaban J connectivity index is 0.000000395. The molecular formula is C51H91N5O6S. The predicted octanol–water partition coefficient (Wildman–Crippen LogP) is 9.76. The van der Waals surface area contributed by atoms with Crippen molar-refractivity contribution in [1.82, 2.24) is 24.7 Å². The molecule has 0 bridgehead atoms. The first-order valence-corrected chi connectivity index (χ1v) is 24.4. The molecule has 0 spiro atoms. The molecule has 2 unspecified atom stereocenters. The molecule has 63 heavy (non-hydrogen) atoms. The van der Waals surface area contributed by atoms with Crippen LogP contribution in [0.3, 0.4) is 0 Å². The van der Waals surface area contributed by atoms with Crippen LogP contribution in [0.5, 0.6) is 0 Å². The molecule has 0 saturated carbocycles. The molecule has 362 valence electrons. The maximum Gasteiger partial charge on any atom is 0.196 e. The highest BCUT2D eigenvalue weighted by molar-refractivity contribution is 7.11. The molecular weight excluding hydrogens is 811 g/mol. The van der Waals surface area contributed by atoms with Crippen LogP contribution in [-0.2, 0) is 9.53 Å². The van der Waals surface area contributed by atoms with Gasteiger partial charge < -0.3 is 24.7 Å². The van der Waals surface area contributed by atoms with Gasteiger partial charge in [0.05, 0.1) is 25.4 Å². The third kappa shape index (κ3) is 28.3. The van der Waals surface area contributed by atoms with E-state index in [1.54, 1.807) is 24.5 Å². The molecule has 2 aromatic rings. The lowest BCUT2D eigenvalue weighted by atomic mass is 9.89. The zero-order valence-electron chi connectivity index (χ0n) is 42.5. The lowest BCUT2D eigenvalue weighted by molar-refractivity contribution is -0.126. The van der Waals surface area contributed by atoms with Crippen molar-refractivity contribution in [3.05, 3.63) is 46.7 Å². The first-order chi connectivity index (χ1) is 29.0. The molecule has 3 aliphatic heterocycles. The second-order valence-corrected chi connectivity index (χ2v) is 23.8. The van der Waals surface area contributed by atoms with Crippen LogP contribution in [-0.4, -0.2) is 137 Å². The number of ketones is 3. The lowest BCUT2D eigenvalue weighted by Crippen LogP contribution is -2.37. The topological polar surface area (TPSA) is 136 Å². The van der Waals surface area contributed by atoms with E-state index in [1.807, 2.05) is 73.8 Å². The van der Waals surface area contributed by atoms with E-state index >= 15 is 0 Å². The Morgan fingerprint density at radius 1 is 0.635 bits per heavy atom. The third-order valence-corrected chi connectivity index (χ3v) is 11.6. The van der Waals surface area contributed by atoms with Gasteiger partial charge in [0.2, 0.25) is 0 Å². The molecule has 2 aromatic heterocycles. The minimum Gasteiger partial charge on any atom is -0.392 e. The summed E-state index contributed by atoms with van der Waals surface area (Å²) in [6, 6.07) is 5.37. The van der Waals surface area contributed by atoms with E-state index in [4.69, 9.17) is 4.74 Å². The monoisotopic (exact) mass is 902 g/mol. The first-order valence-electron chi connectivity index (χ1n) is 23.5. The number of β-amino-alcohol motifs (C(OH)–C–C–N with tert-alkyl or cyclic N) is 2. The van der Waals surface area contributed by atoms with E-state index in [9.17, 15) is 24.6 Å². The number of aliphatic hydroxyl groups is 2. The lowest BCUT2D eigenvalue weighted by Gasteiger charge is -2.27. The van der Waals surface area contributed by atoms with Gasteiger partial charge in [0, 0.05) is 86.3 Å². The highest BCUT2D eigenvalue weighted by Gasteiger charge is 2.26. The second-order valence-electron chi connectivity index (χ2n) is 22.9. The number of hydrogen-bond donors (Lipinski definition) is 2. The highest BCUT2D eigenvalue weighted by atomic mass is 32.1. The summed E-state index contributed by atoms with van der Waals surface area (Å²) in [5.74, 6) is 0.509. The molecule has 11 nitrogen and oxygen atoms in total. The van der Waals surface area contributed by atoms with Gasteiger partial charge in [-0.25, -0.2) is 4.98 Å². The average Bonchev–Trinajstić information content (AvgIpc) is 3.96. The fraction of sp³-hybridized carbons (Fsp3) is 0.784. The number of ether oxygens (including phenoxy) is 1. The largest absolute Gasteiger partial charge is 0.392 e. The number of nitrogens with zero attached hydrogens (tertiary/aromatic N) is 5. The summed E-state index contributed by atoms with van der Waals surface area (Å²) in [4.78, 5) is 49.7. The van der Waals surface area contributed by atoms with Crippen molar-refractivity contribution >= 4 is 28.7 Å². The molecule has 5 heterocycles. The number of thiazole rings is 1. The number of pyridine rings is 1. The predicted molar refractivity (Wildman–Crippen MR) is 262 cm³/mol. The van der Waals surface area contributed by atoms with Gasteiger partial charge in [0.1, 0.15) is 11.5 Å². The minimum atomic E-state index is -0.339. The smallest absolute Gasteiger partial charge is 0.196 e. The van der Waals surface area contributed by atoms with Gasteiger partial charge in [-0.05, 0) is 74.6 Å². The van der Waals surface area contributed by atoms with Crippen molar-refractivity contribution in [2.45, 2.75) is 161 Å². The summed E-state index contributed by atoms with van der Waals surface area (Å²) in [5, 5.41) is 21.0. The van der Waals surface area contributed by atoms with Crippen LogP contribution < -0.4 is 0 Å². The van der Waals surface area contributed by atoms with Gasteiger partial charge in [-0.15, -0.1) is 11.3 Å². The summed E-state index contributed by atoms with van der Waals surface area (Å²) < 4.78 is 5.31. The Morgan fingerprint density at radius 3 is 1.51 bits per heavy atom. The van der Waals surface area contributed by atoms with E-state index in [0.717, 1.165) is 78.4 Å². The number of Topliss-reactive ketones (excluding diaryl/α,β-unsaturated/α-hetero) is 3. The SMILES string of the molecule is CC(C)(C)C(=O)CCN1CCC(O)C1.CC(C)(C)C(=O)c1ccccn1.CC(C)(C)C(=O)c1nccs1.CC(C)(C)CCCN1CCC(O)C1.CC(C)(C)CCCN1CCOCC1. The Kier molecular flexibility index (Phi) is 25.9. The van der Waals surface area contributed by atoms with Crippen molar-refractivity contribution in [2.24, 2.45) is 27.1 Å². The van der Waals surface area contributed by atoms with Crippen LogP contribution in [0.25, 0.3) is 0 Å². The average molecular weight is 902 g/mol. The number of aromatic nitrogens is 2. The minimum absolute atomic E-state index is 0.0605. The molecule has 3 aliphatic rings. The summed E-state index contributed by atoms with van der Waals surface area (Å²) in [6.45, 7) is 42.0. The Labute approximate surface area is 388 Å². The fourth-order valence-electron chi connectivity index (χ4n) is 6.69. The van der Waals surface area contributed by atoms with Gasteiger partial charge in [-0.1, -0.05) is 110 Å². The van der Waals surface area contributed by atoms with Crippen molar-refractivity contribution in [3.8, 4) is 0 Å². The zero-order valence-corrected chi connectivity index (χ0v) is 43.3. The fourth-order valence-corrected chi connectivity index (χ4v) is 7.48. The van der Waals surface area contributed by atoms with Crippen molar-refractivity contribution in [2.75, 3.05) is 72.1 Å². The summed E-state index contributed by atoms with van der Waals surface area (Å²) in [7, 11) is 0. The van der Waals surface area contributed by atoms with Crippen LogP contribution in [0.1, 0.15) is 169 Å². The van der Waals surface area contributed by atoms with Gasteiger partial charge in [0.15, 0.2) is 16.6 Å². The maximum absolute atomic E-state index is 11.6. The standard InChI is InChI=1S/C11H21NO2.2C11H23NO.C10H13NO.C8H11NOS/c1-11(2,3)10(14)5-7-12-6-4-9(13)8-12;1-11(2,3)6-4-7-12-8-5-10(13)9-12;1-11(2,3)5-4-6-12-7-9-13-10-8-12;1-10(2,3)9(12)8-6-4-5-7-11-8;1-8(2,3)6(10)7-9-4-5-11-7/h9,13H,4-8H2,1-3H3;10,13H,4-9H2,1-3H3;4-10H2,1-3H3;4-7H,1-3H3;4-5H,1-3H3. The number of rotatable bonds is 11. The summed E-state index contributed by atoms with van der Waals surface area (Å²) in [6.07, 6.45) is 10.7. The molecule has 3 saturated heterocycles. The molecule has 0 aliphatic carbocycles. The summed E-state index contributed by atoms with van der Waals surface area (Å²) >= 11 is 1.40. The van der Waals surface area contributed by atoms with E-state index in [0.29, 0.717) is 33.7 Å². The van der Waals surface area contributed by atoms with E-state index in [1.165, 1.54) is 43.6 Å². The van der Waals surface area contributed by atoms with Crippen molar-refractivity contribution in [3.63, 3.8) is 0 Å². The molecule has 0 aromatic carbocycles. The van der Waals surface area contributed by atoms with E-state index in [2.05, 4.69) is 66.2 Å². The van der Waals surface area contributed by atoms with E-state index < -0.39 is 0 Å². The number of morpholine rings is 1. The number of aliphatic hydroxyl groups excluding tert-OH is 2. The van der Waals surface area contributed by atoms with Crippen LogP contribution in [0.2, 0.25) is 0 Å². The number of likely N-dealkylation sites (tertiary alicyclic amines) is 2. The van der Waals surface area contributed by atoms with Crippen molar-refractivity contribution < 1.29 is 29.3 Å². The molecule has 0 radical (unpaired) electrons. The second kappa shape index (κ2) is 27.9. The summed E-state index contributed by atoms with van der Waals surface area (Å²) in [5.41, 5.74) is 0.625. The Hall–Kier alpha value is -2.45. The first kappa shape index (κ1) is 58.6. The Bertz CT molecular complexity index is 1530. The van der Waals surface area contributed by atoms with Gasteiger partial charge in [0.25, 0.3) is 0 Å².